The van der Waals surface area contributed by atoms with Crippen molar-refractivity contribution < 1.29 is 85.4 Å². The number of nitro groups is 1. The first-order valence-electron chi connectivity index (χ1n) is 20.0. The zero-order valence-corrected chi connectivity index (χ0v) is 40.0. The molecule has 9 atom stereocenters. The average Bonchev–Trinajstić information content (AvgIpc) is 3.99. The smallest absolute Gasteiger partial charge is 0.472 e. The minimum atomic E-state index is -5.30. The number of ether oxygens (including phenoxy) is 6. The second-order valence-corrected chi connectivity index (χ2v) is 20.0. The summed E-state index contributed by atoms with van der Waals surface area (Å²) in [7, 11) is -4.13. The number of esters is 1. The topological polar surface area (TPSA) is 409 Å². The molecule has 2 fully saturated rings. The van der Waals surface area contributed by atoms with Gasteiger partial charge in [-0.1, -0.05) is 28.5 Å². The number of phosphoric acid groups is 2. The van der Waals surface area contributed by atoms with Gasteiger partial charge in [0.2, 0.25) is 0 Å². The van der Waals surface area contributed by atoms with Crippen molar-refractivity contribution in [3.05, 3.63) is 63.2 Å². The van der Waals surface area contributed by atoms with Gasteiger partial charge in [0.1, 0.15) is 61.0 Å². The van der Waals surface area contributed by atoms with Crippen molar-refractivity contribution in [1.29, 1.82) is 0 Å². The van der Waals surface area contributed by atoms with Crippen LogP contribution in [0.1, 0.15) is 31.4 Å². The number of nitrogens with zero attached hydrogens (tertiary/aromatic N) is 8. The number of benzene rings is 1. The Balaban J connectivity index is 1.23. The van der Waals surface area contributed by atoms with Gasteiger partial charge in [0.25, 0.3) is 5.69 Å². The quantitative estimate of drug-likeness (QED) is 0.0161. The van der Waals surface area contributed by atoms with Crippen molar-refractivity contribution in [1.82, 2.24) is 34.0 Å². The van der Waals surface area contributed by atoms with Crippen LogP contribution in [0.4, 0.5) is 22.1 Å². The number of amides is 1. The molecule has 4 aromatic rings. The van der Waals surface area contributed by atoms with Gasteiger partial charge >= 0.3 is 33.4 Å². The van der Waals surface area contributed by atoms with Crippen LogP contribution < -0.4 is 26.6 Å². The number of fused-ring (bicyclic) bond motifs is 1. The van der Waals surface area contributed by atoms with Crippen molar-refractivity contribution in [2.24, 2.45) is 0 Å². The lowest BCUT2D eigenvalue weighted by Crippen LogP contribution is -2.48. The number of likely N-dealkylation sites (N-methyl/N-ethyl adjacent to an activating group) is 1. The van der Waals surface area contributed by atoms with Crippen LogP contribution in [0.2, 0.25) is 0 Å². The van der Waals surface area contributed by atoms with E-state index in [1.807, 2.05) is 6.92 Å². The number of aliphatic hydroxyl groups excluding tert-OH is 1. The zero-order valence-electron chi connectivity index (χ0n) is 36.6. The number of hydrogen-bond acceptors (Lipinski definition) is 25. The molecule has 5 heterocycles. The number of carbonyl (C=O) groups is 2. The molecule has 6 rings (SSSR count). The predicted octanol–water partition coefficient (Wildman–Crippen LogP) is 1.28. The van der Waals surface area contributed by atoms with Crippen molar-refractivity contribution in [2.45, 2.75) is 69.0 Å². The number of rotatable bonds is 22. The van der Waals surface area contributed by atoms with Gasteiger partial charge in [-0.25, -0.2) is 38.5 Å². The van der Waals surface area contributed by atoms with Crippen LogP contribution in [0.3, 0.4) is 0 Å². The number of imidazole rings is 1. The Bertz CT molecular complexity index is 2660. The fourth-order valence-corrected chi connectivity index (χ4v) is 10.1. The fourth-order valence-electron chi connectivity index (χ4n) is 6.91. The first-order chi connectivity index (χ1) is 32.6. The van der Waals surface area contributed by atoms with E-state index in [2.05, 4.69) is 24.5 Å². The van der Waals surface area contributed by atoms with Crippen molar-refractivity contribution in [3.8, 4) is 11.5 Å². The molecule has 1 amide bonds. The molecule has 1 aromatic carbocycles. The van der Waals surface area contributed by atoms with E-state index in [-0.39, 0.29) is 52.0 Å². The summed E-state index contributed by atoms with van der Waals surface area (Å²) in [6.45, 7) is -0.655. The van der Waals surface area contributed by atoms with Crippen LogP contribution in [0.25, 0.3) is 11.2 Å². The molecule has 0 spiro atoms. The highest BCUT2D eigenvalue weighted by Gasteiger charge is 2.50. The van der Waals surface area contributed by atoms with E-state index in [0.717, 1.165) is 21.9 Å². The molecule has 3 aromatic heterocycles. The second-order valence-electron chi connectivity index (χ2n) is 14.6. The SMILES string of the molecule is CCSSC[C@@H](C(=O)O[C@H]1[C@@H](O)[C@H](n2cnc3c(N)ncnc32)O[C@@H]1COP(=O)(O)O[C@H]1C[C@H](n2ccc(N)nc2=O)O[C@@H]1COP(=O)(O)O)N(C)C(=O)OCc1cc(OC)c(OC)cc1[N+](=O)[O-]. The first kappa shape index (κ1) is 53.1. The normalized spacial score (nSPS) is 22.8. The first-order valence-corrected chi connectivity index (χ1v) is 25.5. The number of nitro benzene ring substituents is 1. The molecule has 34 heteroatoms. The Labute approximate surface area is 397 Å². The second kappa shape index (κ2) is 22.7. The highest BCUT2D eigenvalue weighted by molar-refractivity contribution is 8.76. The van der Waals surface area contributed by atoms with Gasteiger partial charge in [-0.2, -0.15) is 4.98 Å². The van der Waals surface area contributed by atoms with E-state index in [1.54, 1.807) is 0 Å². The minimum Gasteiger partial charge on any atom is -0.493 e. The third-order valence-corrected chi connectivity index (χ3v) is 14.2. The molecule has 30 nitrogen and oxygen atoms in total. The molecule has 69 heavy (non-hydrogen) atoms. The van der Waals surface area contributed by atoms with Crippen LogP contribution in [0.15, 0.2) is 41.8 Å². The van der Waals surface area contributed by atoms with E-state index < -0.39 is 113 Å². The van der Waals surface area contributed by atoms with Gasteiger partial charge in [0, 0.05) is 31.2 Å². The summed E-state index contributed by atoms with van der Waals surface area (Å²) < 4.78 is 76.1. The summed E-state index contributed by atoms with van der Waals surface area (Å²) in [6.07, 6.45) is -8.96. The van der Waals surface area contributed by atoms with E-state index in [0.29, 0.717) is 5.75 Å². The summed E-state index contributed by atoms with van der Waals surface area (Å²) in [6, 6.07) is 2.14. The summed E-state index contributed by atoms with van der Waals surface area (Å²) in [5.41, 5.74) is 10.3. The molecule has 8 N–H and O–H groups in total. The number of carbonyl (C=O) groups excluding carboxylic acids is 2. The maximum Gasteiger partial charge on any atom is 0.472 e. The van der Waals surface area contributed by atoms with Gasteiger partial charge in [-0.3, -0.25) is 37.7 Å². The van der Waals surface area contributed by atoms with Crippen LogP contribution >= 0.6 is 37.2 Å². The minimum absolute atomic E-state index is 0.0337. The van der Waals surface area contributed by atoms with Gasteiger partial charge in [0.05, 0.1) is 50.3 Å². The number of nitrogen functional groups attached to an aromatic ring is 2. The molecule has 0 radical (unpaired) electrons. The molecule has 1 unspecified atom stereocenters. The molecule has 0 saturated carbocycles. The monoisotopic (exact) mass is 1050 g/mol. The maximum absolute atomic E-state index is 14.2. The Kier molecular flexibility index (Phi) is 17.5. The number of phosphoric ester groups is 2. The lowest BCUT2D eigenvalue weighted by Gasteiger charge is -2.29. The van der Waals surface area contributed by atoms with Gasteiger partial charge in [-0.05, 0) is 12.1 Å². The van der Waals surface area contributed by atoms with Crippen LogP contribution in [0, 0.1) is 10.1 Å². The third kappa shape index (κ3) is 13.0. The zero-order chi connectivity index (χ0) is 50.4. The standard InChI is InChI=1S/C35H46N10O20P2S2/c1-5-68-69-14-19(42(2)35(49)59-11-17-8-20(57-3)21(58-4)9-18(17)45(50)51)33(47)64-29-24(63-32(28(29)46)44-16-40-27-30(37)38-15-39-31(27)44)13-61-67(55,56)65-22-10-26(43-7-6-25(36)41-34(43)48)62-23(22)12-60-66(52,53)54/h6-9,15-16,19,22-24,26,28-29,32,46H,5,10-14H2,1-4H3,(H,55,56)(H2,36,41,48)(H2,37,38,39)(H2,52,53,54)/t19-,22-,23+,24+,26+,28+,29+,32+/m0/s1. The highest BCUT2D eigenvalue weighted by Crippen LogP contribution is 2.50. The van der Waals surface area contributed by atoms with E-state index in [9.17, 15) is 53.4 Å². The summed E-state index contributed by atoms with van der Waals surface area (Å²) in [5.74, 6) is -0.673. The van der Waals surface area contributed by atoms with Gasteiger partial charge in [-0.15, -0.1) is 0 Å². The number of aliphatic hydroxyl groups is 1. The molecule has 0 bridgehead atoms. The Morgan fingerprint density at radius 2 is 1.75 bits per heavy atom. The molecule has 378 valence electrons. The van der Waals surface area contributed by atoms with Crippen LogP contribution in [-0.2, 0) is 53.1 Å². The summed E-state index contributed by atoms with van der Waals surface area (Å²) in [5, 5.41) is 23.7. The lowest BCUT2D eigenvalue weighted by atomic mass is 10.1. The number of hydrogen-bond donors (Lipinski definition) is 6. The van der Waals surface area contributed by atoms with Crippen molar-refractivity contribution in [3.63, 3.8) is 0 Å². The van der Waals surface area contributed by atoms with Crippen LogP contribution in [-0.4, -0.2) is 153 Å². The largest absolute Gasteiger partial charge is 0.493 e. The number of methoxy groups -OCH3 is 2. The Morgan fingerprint density at radius 3 is 2.42 bits per heavy atom. The van der Waals surface area contributed by atoms with Crippen LogP contribution in [0.5, 0.6) is 11.5 Å². The molecular weight excluding hydrogens is 1010 g/mol. The molecule has 2 aliphatic heterocycles. The number of aromatic nitrogens is 6. The Morgan fingerprint density at radius 1 is 1.04 bits per heavy atom. The molecule has 0 aliphatic carbocycles. The fraction of sp³-hybridized carbons (Fsp3) is 0.514. The predicted molar refractivity (Wildman–Crippen MR) is 238 cm³/mol. The van der Waals surface area contributed by atoms with E-state index in [1.165, 1.54) is 72.1 Å². The summed E-state index contributed by atoms with van der Waals surface area (Å²) in [4.78, 5) is 97.9. The molecule has 2 saturated heterocycles. The number of nitrogens with two attached hydrogens (primary N) is 2. The van der Waals surface area contributed by atoms with Gasteiger partial charge < -0.3 is 59.7 Å². The van der Waals surface area contributed by atoms with Crippen molar-refractivity contribution >= 4 is 77.8 Å². The third-order valence-electron chi connectivity index (χ3n) is 10.2. The Hall–Kier alpha value is -5.21. The van der Waals surface area contributed by atoms with Crippen molar-refractivity contribution in [2.75, 3.05) is 57.5 Å². The lowest BCUT2D eigenvalue weighted by molar-refractivity contribution is -0.385. The van der Waals surface area contributed by atoms with E-state index in [4.69, 9.17) is 48.9 Å². The highest BCUT2D eigenvalue weighted by atomic mass is 33.1. The molecule has 2 aliphatic rings. The summed E-state index contributed by atoms with van der Waals surface area (Å²) >= 11 is 0. The maximum atomic E-state index is 14.2. The number of anilines is 2. The molecular formula is C35H46N10O20P2S2. The van der Waals surface area contributed by atoms with Gasteiger partial charge in [0.15, 0.2) is 35.3 Å². The van der Waals surface area contributed by atoms with E-state index >= 15 is 0 Å². The average molecular weight is 1050 g/mol.